The number of aliphatic hydroxyl groups is 1. The topological polar surface area (TPSA) is 152 Å². The maximum absolute atomic E-state index is 14.6. The Bertz CT molecular complexity index is 2940. The van der Waals surface area contributed by atoms with Crippen molar-refractivity contribution in [1.82, 2.24) is 0 Å². The largest absolute Gasteiger partial charge is 0.508 e. The van der Waals surface area contributed by atoms with E-state index in [9.17, 15) is 30.0 Å². The Balaban J connectivity index is 1.08. The molecule has 0 heterocycles. The van der Waals surface area contributed by atoms with Crippen molar-refractivity contribution < 1.29 is 49.0 Å². The summed E-state index contributed by atoms with van der Waals surface area (Å²) >= 11 is 0. The van der Waals surface area contributed by atoms with Gasteiger partial charge in [0.15, 0.2) is 23.0 Å². The SMILES string of the molecule is COc1cc2c(cc1O)[C@@H]1CC[C@@H]3Cc4cc(O)c(OC)cc4[C@H]4C[C@H](OC(=O)Cc5ccc6cc(O)cc(-c7cccc(CCCO)c7)c6c5)C[C@@H](OC(C)=O)[C@@H](C2)[C@]1(/C=C/c1ccccc1)[C@H]34. The van der Waals surface area contributed by atoms with Crippen molar-refractivity contribution >= 4 is 28.8 Å². The summed E-state index contributed by atoms with van der Waals surface area (Å²) in [7, 11) is 3.11. The first-order valence-electron chi connectivity index (χ1n) is 24.3. The van der Waals surface area contributed by atoms with Gasteiger partial charge in [-0.1, -0.05) is 78.9 Å². The molecule has 0 aromatic heterocycles. The predicted molar refractivity (Wildman–Crippen MR) is 265 cm³/mol. The summed E-state index contributed by atoms with van der Waals surface area (Å²) in [4.78, 5) is 28.0. The maximum atomic E-state index is 14.6. The molecule has 10 heteroatoms. The lowest BCUT2D eigenvalue weighted by Crippen LogP contribution is -2.59. The molecule has 6 aromatic rings. The Morgan fingerprint density at radius 3 is 2.32 bits per heavy atom. The van der Waals surface area contributed by atoms with Crippen LogP contribution in [0.25, 0.3) is 28.0 Å². The number of phenolic OH excluding ortho intramolecular Hbond substituents is 3. The molecule has 356 valence electrons. The summed E-state index contributed by atoms with van der Waals surface area (Å²) in [5, 5.41) is 44.5. The van der Waals surface area contributed by atoms with Gasteiger partial charge in [-0.2, -0.15) is 0 Å². The van der Waals surface area contributed by atoms with Gasteiger partial charge >= 0.3 is 11.9 Å². The van der Waals surface area contributed by atoms with Crippen LogP contribution in [-0.2, 0) is 44.7 Å². The molecule has 4 aliphatic rings. The molecule has 2 saturated carbocycles. The highest BCUT2D eigenvalue weighted by Gasteiger charge is 2.63. The molecular formula is C59H60O10. The predicted octanol–water partition coefficient (Wildman–Crippen LogP) is 10.8. The van der Waals surface area contributed by atoms with Crippen molar-refractivity contribution in [3.8, 4) is 39.9 Å². The number of hydrogen-bond donors (Lipinski definition) is 4. The monoisotopic (exact) mass is 928 g/mol. The van der Waals surface area contributed by atoms with Gasteiger partial charge in [-0.15, -0.1) is 0 Å². The van der Waals surface area contributed by atoms with Crippen LogP contribution in [0, 0.1) is 23.2 Å². The van der Waals surface area contributed by atoms with Crippen molar-refractivity contribution in [2.24, 2.45) is 23.2 Å². The number of aromatic hydroxyl groups is 3. The van der Waals surface area contributed by atoms with E-state index in [1.54, 1.807) is 26.4 Å². The Morgan fingerprint density at radius 2 is 1.54 bits per heavy atom. The third kappa shape index (κ3) is 8.69. The number of aliphatic hydroxyl groups excluding tert-OH is 1. The number of fused-ring (bicyclic) bond motifs is 5. The summed E-state index contributed by atoms with van der Waals surface area (Å²) in [5.74, 6) is -0.0902. The van der Waals surface area contributed by atoms with Gasteiger partial charge < -0.3 is 39.4 Å². The van der Waals surface area contributed by atoms with Crippen LogP contribution in [0.3, 0.4) is 0 Å². The second kappa shape index (κ2) is 19.0. The van der Waals surface area contributed by atoms with Gasteiger partial charge in [-0.3, -0.25) is 9.59 Å². The van der Waals surface area contributed by atoms with Gasteiger partial charge in [0.25, 0.3) is 0 Å². The second-order valence-corrected chi connectivity index (χ2v) is 19.7. The Kier molecular flexibility index (Phi) is 12.6. The van der Waals surface area contributed by atoms with E-state index in [1.807, 2.05) is 78.9 Å². The molecule has 0 spiro atoms. The van der Waals surface area contributed by atoms with Crippen LogP contribution in [0.5, 0.6) is 28.7 Å². The highest BCUT2D eigenvalue weighted by Crippen LogP contribution is 2.69. The fourth-order valence-electron chi connectivity index (χ4n) is 13.2. The summed E-state index contributed by atoms with van der Waals surface area (Å²) in [5.41, 5.74) is 8.26. The van der Waals surface area contributed by atoms with Crippen molar-refractivity contribution in [2.75, 3.05) is 20.8 Å². The Hall–Kier alpha value is -6.78. The van der Waals surface area contributed by atoms with Crippen molar-refractivity contribution in [3.63, 3.8) is 0 Å². The number of carbonyl (C=O) groups is 2. The summed E-state index contributed by atoms with van der Waals surface area (Å²) in [6.45, 7) is 1.55. The minimum Gasteiger partial charge on any atom is -0.508 e. The highest BCUT2D eigenvalue weighted by atomic mass is 16.6. The first-order chi connectivity index (χ1) is 33.5. The number of phenols is 3. The third-order valence-corrected chi connectivity index (χ3v) is 15.8. The first kappa shape index (κ1) is 46.0. The van der Waals surface area contributed by atoms with Gasteiger partial charge in [0.1, 0.15) is 18.0 Å². The zero-order chi connectivity index (χ0) is 48.0. The van der Waals surface area contributed by atoms with E-state index >= 15 is 0 Å². The number of carbonyl (C=O) groups excluding carboxylic acids is 2. The molecule has 0 amide bonds. The number of ether oxygens (including phenoxy) is 4. The number of methoxy groups -OCH3 is 2. The van der Waals surface area contributed by atoms with Crippen molar-refractivity contribution in [1.29, 1.82) is 0 Å². The molecule has 0 aliphatic heterocycles. The lowest BCUT2D eigenvalue weighted by atomic mass is 9.40. The van der Waals surface area contributed by atoms with Gasteiger partial charge in [0.05, 0.1) is 20.6 Å². The maximum Gasteiger partial charge on any atom is 0.310 e. The molecule has 0 radical (unpaired) electrons. The fraction of sp³-hybridized carbons (Fsp3) is 0.356. The van der Waals surface area contributed by atoms with E-state index in [0.717, 1.165) is 86.5 Å². The lowest BCUT2D eigenvalue weighted by Gasteiger charge is -2.64. The van der Waals surface area contributed by atoms with E-state index in [1.165, 1.54) is 6.92 Å². The summed E-state index contributed by atoms with van der Waals surface area (Å²) in [6.07, 6.45) is 8.36. The van der Waals surface area contributed by atoms with Gasteiger partial charge in [0, 0.05) is 31.3 Å². The fourth-order valence-corrected chi connectivity index (χ4v) is 13.2. The average molecular weight is 929 g/mol. The van der Waals surface area contributed by atoms with E-state index in [4.69, 9.17) is 18.9 Å². The van der Waals surface area contributed by atoms with Crippen LogP contribution in [0.2, 0.25) is 0 Å². The van der Waals surface area contributed by atoms with E-state index in [0.29, 0.717) is 30.8 Å². The molecule has 4 aliphatic carbocycles. The normalized spacial score (nSPS) is 24.6. The molecule has 0 unspecified atom stereocenters. The average Bonchev–Trinajstić information content (AvgIpc) is 3.33. The zero-order valence-electron chi connectivity index (χ0n) is 39.4. The molecular weight excluding hydrogens is 869 g/mol. The van der Waals surface area contributed by atoms with E-state index in [-0.39, 0.29) is 66.3 Å². The zero-order valence-corrected chi connectivity index (χ0v) is 39.4. The number of allylic oxidation sites excluding steroid dienone is 1. The number of hydrogen-bond acceptors (Lipinski definition) is 10. The molecule has 0 saturated heterocycles. The van der Waals surface area contributed by atoms with Crippen molar-refractivity contribution in [2.45, 2.75) is 88.8 Å². The summed E-state index contributed by atoms with van der Waals surface area (Å²) in [6, 6.07) is 35.3. The van der Waals surface area contributed by atoms with Gasteiger partial charge in [-0.05, 0) is 172 Å². The summed E-state index contributed by atoms with van der Waals surface area (Å²) < 4.78 is 24.7. The van der Waals surface area contributed by atoms with E-state index in [2.05, 4.69) is 30.4 Å². The first-order valence-corrected chi connectivity index (χ1v) is 24.3. The number of aryl methyl sites for hydroxylation is 1. The molecule has 6 aromatic carbocycles. The molecule has 8 atom stereocenters. The molecule has 10 rings (SSSR count). The standard InChI is InChI=1S/C59H60O10/c1-34(61)68-54-31-44(69-57(65)23-37-14-15-39-25-43(62)29-46(45(39)22-37)38-13-7-11-36(21-38)12-8-20-60)30-49-47-33-56(67-3)52(63)27-41(47)24-40-16-17-50-48-32-53(64)55(66-2)28-42(48)26-51(54)59(50,58(40)49)19-18-35-9-5-4-6-10-35/h4-7,9-11,13-15,18-19,21-22,25,27-29,32-33,40,44,49-51,54,58,60,62-64H,8,12,16-17,20,23-24,26,30-31H2,1-3H3/b19-18+/t40-,44+,49-,50+,51-,54-,58-,59-/m1/s1. The lowest BCUT2D eigenvalue weighted by molar-refractivity contribution is -0.169. The minimum absolute atomic E-state index is 0.0115. The molecule has 2 fully saturated rings. The highest BCUT2D eigenvalue weighted by molar-refractivity contribution is 5.98. The molecule has 0 bridgehead atoms. The minimum atomic E-state index is -0.653. The van der Waals surface area contributed by atoms with Gasteiger partial charge in [0.2, 0.25) is 0 Å². The molecule has 69 heavy (non-hydrogen) atoms. The van der Waals surface area contributed by atoms with Crippen LogP contribution in [-0.4, -0.2) is 65.4 Å². The smallest absolute Gasteiger partial charge is 0.310 e. The third-order valence-electron chi connectivity index (χ3n) is 15.8. The van der Waals surface area contributed by atoms with Crippen LogP contribution in [0.1, 0.15) is 89.8 Å². The van der Waals surface area contributed by atoms with Crippen LogP contribution < -0.4 is 9.47 Å². The number of rotatable bonds is 12. The van der Waals surface area contributed by atoms with E-state index < -0.39 is 29.6 Å². The second-order valence-electron chi connectivity index (χ2n) is 19.7. The Labute approximate surface area is 403 Å². The molecule has 10 nitrogen and oxygen atoms in total. The van der Waals surface area contributed by atoms with Crippen LogP contribution >= 0.6 is 0 Å². The quantitative estimate of drug-likeness (QED) is 0.0873. The number of benzene rings is 6. The molecule has 4 N–H and O–H groups in total. The number of esters is 2. The van der Waals surface area contributed by atoms with Gasteiger partial charge in [-0.25, -0.2) is 0 Å². The van der Waals surface area contributed by atoms with Crippen LogP contribution in [0.4, 0.5) is 0 Å². The van der Waals surface area contributed by atoms with Crippen LogP contribution in [0.15, 0.2) is 115 Å². The van der Waals surface area contributed by atoms with Crippen molar-refractivity contribution in [3.05, 3.63) is 154 Å². The Morgan fingerprint density at radius 1 is 0.754 bits per heavy atom.